The Morgan fingerprint density at radius 2 is 2.32 bits per heavy atom. The van der Waals surface area contributed by atoms with Gasteiger partial charge in [0.1, 0.15) is 12.7 Å². The van der Waals surface area contributed by atoms with Crippen molar-refractivity contribution in [1.82, 2.24) is 0 Å². The average Bonchev–Trinajstić information content (AvgIpc) is 2.40. The van der Waals surface area contributed by atoms with Crippen molar-refractivity contribution in [2.75, 3.05) is 31.7 Å². The molecule has 1 aromatic rings. The molecule has 1 rings (SSSR count). The summed E-state index contributed by atoms with van der Waals surface area (Å²) in [6.45, 7) is 2.91. The summed E-state index contributed by atoms with van der Waals surface area (Å²) in [7, 11) is 0. The van der Waals surface area contributed by atoms with Crippen LogP contribution in [0.15, 0.2) is 22.7 Å². The van der Waals surface area contributed by atoms with E-state index in [1.54, 1.807) is 13.0 Å². The van der Waals surface area contributed by atoms with Gasteiger partial charge in [-0.2, -0.15) is 5.26 Å². The Kier molecular flexibility index (Phi) is 6.93. The van der Waals surface area contributed by atoms with Crippen LogP contribution in [0.2, 0.25) is 0 Å². The molecular weight excluding hydrogens is 312 g/mol. The predicted molar refractivity (Wildman–Crippen MR) is 74.8 cm³/mol. The van der Waals surface area contributed by atoms with Crippen LogP contribution in [-0.4, -0.2) is 32.3 Å². The summed E-state index contributed by atoms with van der Waals surface area (Å²) in [5, 5.41) is 12.1. The zero-order valence-corrected chi connectivity index (χ0v) is 12.2. The van der Waals surface area contributed by atoms with Crippen molar-refractivity contribution in [2.24, 2.45) is 0 Å². The van der Waals surface area contributed by atoms with E-state index >= 15 is 0 Å². The number of ether oxygens (including phenoxy) is 2. The number of nitriles is 1. The van der Waals surface area contributed by atoms with Crippen LogP contribution in [0, 0.1) is 11.3 Å². The van der Waals surface area contributed by atoms with E-state index < -0.39 is 0 Å². The number of carbonyl (C=O) groups is 1. The fourth-order valence-electron chi connectivity index (χ4n) is 1.38. The molecule has 0 amide bonds. The van der Waals surface area contributed by atoms with Crippen molar-refractivity contribution in [2.45, 2.75) is 6.92 Å². The lowest BCUT2D eigenvalue weighted by molar-refractivity contribution is -0.148. The van der Waals surface area contributed by atoms with Crippen LogP contribution in [0.4, 0.5) is 5.69 Å². The van der Waals surface area contributed by atoms with Gasteiger partial charge in [-0.3, -0.25) is 0 Å². The molecule has 0 saturated heterocycles. The third kappa shape index (κ3) is 5.73. The molecule has 0 aliphatic heterocycles. The second-order valence-electron chi connectivity index (χ2n) is 3.59. The Labute approximate surface area is 120 Å². The molecule has 1 N–H and O–H groups in total. The third-order valence-electron chi connectivity index (χ3n) is 2.19. The number of rotatable bonds is 7. The Bertz CT molecular complexity index is 471. The van der Waals surface area contributed by atoms with E-state index in [-0.39, 0.29) is 12.6 Å². The van der Waals surface area contributed by atoms with Gasteiger partial charge in [0.2, 0.25) is 0 Å². The maximum Gasteiger partial charge on any atom is 0.332 e. The Hall–Kier alpha value is -1.58. The molecule has 0 bridgehead atoms. The van der Waals surface area contributed by atoms with Gasteiger partial charge in [0, 0.05) is 11.0 Å². The first-order chi connectivity index (χ1) is 9.17. The minimum Gasteiger partial charge on any atom is -0.464 e. The van der Waals surface area contributed by atoms with Crippen molar-refractivity contribution in [3.63, 3.8) is 0 Å². The summed E-state index contributed by atoms with van der Waals surface area (Å²) >= 11 is 3.31. The van der Waals surface area contributed by atoms with Crippen LogP contribution in [0.25, 0.3) is 0 Å². The largest absolute Gasteiger partial charge is 0.464 e. The monoisotopic (exact) mass is 326 g/mol. The fraction of sp³-hybridized carbons (Fsp3) is 0.385. The SMILES string of the molecule is CCOC(=O)COCCNc1ccc(Br)cc1C#N. The third-order valence-corrected chi connectivity index (χ3v) is 2.68. The molecule has 0 saturated carbocycles. The van der Waals surface area contributed by atoms with Crippen LogP contribution in [0.5, 0.6) is 0 Å². The van der Waals surface area contributed by atoms with Gasteiger partial charge in [-0.25, -0.2) is 4.79 Å². The van der Waals surface area contributed by atoms with Crippen molar-refractivity contribution < 1.29 is 14.3 Å². The van der Waals surface area contributed by atoms with E-state index in [0.717, 1.165) is 10.2 Å². The number of carbonyl (C=O) groups excluding carboxylic acids is 1. The molecule has 0 aliphatic rings. The Morgan fingerprint density at radius 3 is 3.00 bits per heavy atom. The highest BCUT2D eigenvalue weighted by molar-refractivity contribution is 9.10. The van der Waals surface area contributed by atoms with Crippen molar-refractivity contribution in [3.8, 4) is 6.07 Å². The first-order valence-corrected chi connectivity index (χ1v) is 6.63. The number of hydrogen-bond donors (Lipinski definition) is 1. The second-order valence-corrected chi connectivity index (χ2v) is 4.50. The lowest BCUT2D eigenvalue weighted by Crippen LogP contribution is -2.16. The summed E-state index contributed by atoms with van der Waals surface area (Å²) in [6, 6.07) is 7.51. The number of anilines is 1. The van der Waals surface area contributed by atoms with Crippen molar-refractivity contribution >= 4 is 27.6 Å². The molecule has 1 aromatic carbocycles. The Morgan fingerprint density at radius 1 is 1.53 bits per heavy atom. The van der Waals surface area contributed by atoms with Gasteiger partial charge in [0.15, 0.2) is 0 Å². The van der Waals surface area contributed by atoms with Crippen LogP contribution in [0.1, 0.15) is 12.5 Å². The number of halogens is 1. The summed E-state index contributed by atoms with van der Waals surface area (Å²) in [6.07, 6.45) is 0. The highest BCUT2D eigenvalue weighted by Crippen LogP contribution is 2.19. The summed E-state index contributed by atoms with van der Waals surface area (Å²) in [5.74, 6) is -0.371. The van der Waals surface area contributed by atoms with Gasteiger partial charge in [0.25, 0.3) is 0 Å². The summed E-state index contributed by atoms with van der Waals surface area (Å²) in [4.78, 5) is 11.0. The molecular formula is C13H15BrN2O3. The van der Waals surface area contributed by atoms with Gasteiger partial charge in [-0.05, 0) is 25.1 Å². The van der Waals surface area contributed by atoms with Gasteiger partial charge < -0.3 is 14.8 Å². The summed E-state index contributed by atoms with van der Waals surface area (Å²) in [5.41, 5.74) is 1.30. The Balaban J connectivity index is 2.30. The number of nitrogens with one attached hydrogen (secondary N) is 1. The molecule has 0 unspecified atom stereocenters. The van der Waals surface area contributed by atoms with E-state index in [9.17, 15) is 4.79 Å². The van der Waals surface area contributed by atoms with Gasteiger partial charge in [-0.15, -0.1) is 0 Å². The fourth-order valence-corrected chi connectivity index (χ4v) is 1.74. The molecule has 0 heterocycles. The van der Waals surface area contributed by atoms with Crippen LogP contribution < -0.4 is 5.32 Å². The number of benzene rings is 1. The molecule has 0 atom stereocenters. The smallest absolute Gasteiger partial charge is 0.332 e. The van der Waals surface area contributed by atoms with E-state index in [4.69, 9.17) is 14.7 Å². The first kappa shape index (κ1) is 15.5. The van der Waals surface area contributed by atoms with Gasteiger partial charge >= 0.3 is 5.97 Å². The van der Waals surface area contributed by atoms with E-state index in [1.807, 2.05) is 12.1 Å². The first-order valence-electron chi connectivity index (χ1n) is 5.84. The molecule has 0 fully saturated rings. The highest BCUT2D eigenvalue weighted by atomic mass is 79.9. The topological polar surface area (TPSA) is 71.3 Å². The normalized spacial score (nSPS) is 9.74. The van der Waals surface area contributed by atoms with Crippen molar-refractivity contribution in [1.29, 1.82) is 5.26 Å². The molecule has 5 nitrogen and oxygen atoms in total. The lowest BCUT2D eigenvalue weighted by atomic mass is 10.2. The summed E-state index contributed by atoms with van der Waals surface area (Å²) < 4.78 is 10.7. The molecule has 0 radical (unpaired) electrons. The second kappa shape index (κ2) is 8.51. The number of hydrogen-bond acceptors (Lipinski definition) is 5. The van der Waals surface area contributed by atoms with Crippen LogP contribution in [-0.2, 0) is 14.3 Å². The average molecular weight is 327 g/mol. The molecule has 6 heteroatoms. The van der Waals surface area contributed by atoms with Crippen LogP contribution >= 0.6 is 15.9 Å². The van der Waals surface area contributed by atoms with E-state index in [0.29, 0.717) is 25.3 Å². The maximum absolute atomic E-state index is 11.0. The maximum atomic E-state index is 11.0. The van der Waals surface area contributed by atoms with E-state index in [2.05, 4.69) is 27.3 Å². The molecule has 0 spiro atoms. The minimum absolute atomic E-state index is 0.0546. The molecule has 0 aromatic heterocycles. The molecule has 19 heavy (non-hydrogen) atoms. The highest BCUT2D eigenvalue weighted by Gasteiger charge is 2.03. The zero-order valence-electron chi connectivity index (χ0n) is 10.6. The van der Waals surface area contributed by atoms with Crippen molar-refractivity contribution in [3.05, 3.63) is 28.2 Å². The lowest BCUT2D eigenvalue weighted by Gasteiger charge is -2.09. The number of nitrogens with zero attached hydrogens (tertiary/aromatic N) is 1. The molecule has 0 aliphatic carbocycles. The van der Waals surface area contributed by atoms with Crippen LogP contribution in [0.3, 0.4) is 0 Å². The minimum atomic E-state index is -0.371. The molecule has 102 valence electrons. The van der Waals surface area contributed by atoms with Gasteiger partial charge in [-0.1, -0.05) is 15.9 Å². The number of esters is 1. The zero-order chi connectivity index (χ0) is 14.1. The standard InChI is InChI=1S/C13H15BrN2O3/c1-2-19-13(17)9-18-6-5-16-12-4-3-11(14)7-10(12)8-15/h3-4,7,16H,2,5-6,9H2,1H3. The van der Waals surface area contributed by atoms with E-state index in [1.165, 1.54) is 0 Å². The predicted octanol–water partition coefficient (Wildman–Crippen LogP) is 2.31. The quantitative estimate of drug-likeness (QED) is 0.615. The van der Waals surface area contributed by atoms with Gasteiger partial charge in [0.05, 0.1) is 24.5 Å².